The molecule has 27 heavy (non-hydrogen) atoms. The van der Waals surface area contributed by atoms with E-state index in [1.54, 1.807) is 11.7 Å². The van der Waals surface area contributed by atoms with Gasteiger partial charge in [0.25, 0.3) is 0 Å². The maximum absolute atomic E-state index is 13.0. The minimum Gasteiger partial charge on any atom is -0.497 e. The van der Waals surface area contributed by atoms with Crippen LogP contribution in [-0.2, 0) is 13.6 Å². The van der Waals surface area contributed by atoms with Gasteiger partial charge in [-0.05, 0) is 42.8 Å². The van der Waals surface area contributed by atoms with Crippen LogP contribution >= 0.6 is 0 Å². The molecular formula is C21H26N4O2. The van der Waals surface area contributed by atoms with Gasteiger partial charge in [0.1, 0.15) is 5.75 Å². The minimum absolute atomic E-state index is 0.0150. The van der Waals surface area contributed by atoms with Gasteiger partial charge < -0.3 is 15.0 Å². The van der Waals surface area contributed by atoms with E-state index in [1.807, 2.05) is 41.9 Å². The molecule has 0 radical (unpaired) electrons. The van der Waals surface area contributed by atoms with Crippen molar-refractivity contribution in [3.63, 3.8) is 0 Å². The normalized spacial score (nSPS) is 15.1. The molecule has 0 amide bonds. The van der Waals surface area contributed by atoms with E-state index in [9.17, 15) is 4.79 Å². The fourth-order valence-electron chi connectivity index (χ4n) is 3.87. The molecule has 1 aliphatic heterocycles. The van der Waals surface area contributed by atoms with Crippen molar-refractivity contribution in [2.45, 2.75) is 13.0 Å². The number of methoxy groups -OCH3 is 1. The van der Waals surface area contributed by atoms with Gasteiger partial charge in [-0.15, -0.1) is 0 Å². The lowest BCUT2D eigenvalue weighted by atomic mass is 10.2. The Hall–Kier alpha value is -2.73. The Balaban J connectivity index is 1.76. The number of anilines is 1. The number of aryl methyl sites for hydroxylation is 1. The van der Waals surface area contributed by atoms with Crippen LogP contribution in [0.25, 0.3) is 11.0 Å². The number of nitrogens with one attached hydrogen (secondary N) is 1. The molecular weight excluding hydrogens is 340 g/mol. The van der Waals surface area contributed by atoms with Crippen LogP contribution in [0.1, 0.15) is 12.0 Å². The number of nitrogens with zero attached hydrogens (tertiary/aromatic N) is 3. The first-order valence-electron chi connectivity index (χ1n) is 9.46. The number of benzene rings is 2. The second kappa shape index (κ2) is 7.48. The second-order valence-corrected chi connectivity index (χ2v) is 7.01. The zero-order chi connectivity index (χ0) is 18.8. The number of ether oxygens (including phenoxy) is 1. The predicted molar refractivity (Wildman–Crippen MR) is 109 cm³/mol. The molecule has 142 valence electrons. The molecule has 3 aromatic rings. The summed E-state index contributed by atoms with van der Waals surface area (Å²) in [7, 11) is 3.53. The van der Waals surface area contributed by atoms with E-state index in [0.717, 1.165) is 60.6 Å². The molecule has 0 unspecified atom stereocenters. The lowest BCUT2D eigenvalue weighted by Gasteiger charge is -2.23. The first-order chi connectivity index (χ1) is 13.2. The first-order valence-corrected chi connectivity index (χ1v) is 9.46. The molecule has 0 spiro atoms. The Kier molecular flexibility index (Phi) is 4.90. The summed E-state index contributed by atoms with van der Waals surface area (Å²) in [5, 5.41) is 3.44. The van der Waals surface area contributed by atoms with Crippen LogP contribution in [0, 0.1) is 0 Å². The summed E-state index contributed by atoms with van der Waals surface area (Å²) in [4.78, 5) is 15.4. The summed E-state index contributed by atoms with van der Waals surface area (Å²) in [6.45, 7) is 4.52. The molecule has 6 nitrogen and oxygen atoms in total. The standard InChI is InChI=1S/C21H26N4O2/c1-23-20-18(24-13-4-11-22-12-14-24)5-3-6-19(20)25(21(23)26)15-16-7-9-17(27-2)10-8-16/h3,5-10,22H,4,11-15H2,1-2H3. The van der Waals surface area contributed by atoms with Crippen molar-refractivity contribution in [1.29, 1.82) is 0 Å². The van der Waals surface area contributed by atoms with Crippen molar-refractivity contribution in [3.05, 3.63) is 58.5 Å². The molecule has 0 bridgehead atoms. The number of rotatable bonds is 4. The van der Waals surface area contributed by atoms with Crippen LogP contribution in [0.5, 0.6) is 5.75 Å². The van der Waals surface area contributed by atoms with Gasteiger partial charge in [-0.2, -0.15) is 0 Å². The number of imidazole rings is 1. The molecule has 2 heterocycles. The van der Waals surface area contributed by atoms with Gasteiger partial charge in [0.15, 0.2) is 0 Å². The van der Waals surface area contributed by atoms with Crippen molar-refractivity contribution in [3.8, 4) is 5.75 Å². The monoisotopic (exact) mass is 366 g/mol. The zero-order valence-electron chi connectivity index (χ0n) is 15.9. The number of aromatic nitrogens is 2. The highest BCUT2D eigenvalue weighted by Crippen LogP contribution is 2.27. The van der Waals surface area contributed by atoms with Crippen LogP contribution in [0.4, 0.5) is 5.69 Å². The summed E-state index contributed by atoms with van der Waals surface area (Å²) in [5.41, 5.74) is 4.23. The zero-order valence-corrected chi connectivity index (χ0v) is 15.9. The van der Waals surface area contributed by atoms with Gasteiger partial charge in [0.05, 0.1) is 30.4 Å². The predicted octanol–water partition coefficient (Wildman–Crippen LogP) is 2.20. The van der Waals surface area contributed by atoms with Crippen molar-refractivity contribution in [2.75, 3.05) is 38.2 Å². The van der Waals surface area contributed by atoms with Crippen molar-refractivity contribution < 1.29 is 4.74 Å². The average Bonchev–Trinajstić information content (AvgIpc) is 2.91. The van der Waals surface area contributed by atoms with E-state index >= 15 is 0 Å². The van der Waals surface area contributed by atoms with Crippen LogP contribution in [0.2, 0.25) is 0 Å². The molecule has 1 aromatic heterocycles. The number of fused-ring (bicyclic) bond motifs is 1. The van der Waals surface area contributed by atoms with Gasteiger partial charge in [-0.1, -0.05) is 18.2 Å². The van der Waals surface area contributed by atoms with E-state index in [1.165, 1.54) is 0 Å². The van der Waals surface area contributed by atoms with E-state index in [-0.39, 0.29) is 5.69 Å². The van der Waals surface area contributed by atoms with Gasteiger partial charge in [0.2, 0.25) is 0 Å². The Morgan fingerprint density at radius 1 is 1.07 bits per heavy atom. The maximum atomic E-state index is 13.0. The average molecular weight is 366 g/mol. The van der Waals surface area contributed by atoms with Crippen LogP contribution < -0.4 is 20.6 Å². The third-order valence-corrected chi connectivity index (χ3v) is 5.32. The van der Waals surface area contributed by atoms with Gasteiger partial charge >= 0.3 is 5.69 Å². The van der Waals surface area contributed by atoms with Crippen molar-refractivity contribution in [2.24, 2.45) is 7.05 Å². The Labute approximate surface area is 159 Å². The molecule has 6 heteroatoms. The number of para-hydroxylation sites is 1. The molecule has 0 aliphatic carbocycles. The molecule has 1 fully saturated rings. The van der Waals surface area contributed by atoms with E-state index in [4.69, 9.17) is 4.74 Å². The minimum atomic E-state index is 0.0150. The molecule has 1 N–H and O–H groups in total. The SMILES string of the molecule is COc1ccc(Cn2c(=O)n(C)c3c(N4CCCNCC4)cccc32)cc1. The van der Waals surface area contributed by atoms with Crippen LogP contribution in [-0.4, -0.2) is 42.4 Å². The smallest absolute Gasteiger partial charge is 0.329 e. The molecule has 1 aliphatic rings. The fourth-order valence-corrected chi connectivity index (χ4v) is 3.87. The van der Waals surface area contributed by atoms with Gasteiger partial charge in [-0.25, -0.2) is 4.79 Å². The summed E-state index contributed by atoms with van der Waals surface area (Å²) >= 11 is 0. The lowest BCUT2D eigenvalue weighted by Crippen LogP contribution is -2.28. The maximum Gasteiger partial charge on any atom is 0.329 e. The van der Waals surface area contributed by atoms with Crippen molar-refractivity contribution in [1.82, 2.24) is 14.5 Å². The molecule has 2 aromatic carbocycles. The molecule has 4 rings (SSSR count). The Bertz CT molecular complexity index is 980. The van der Waals surface area contributed by atoms with Gasteiger partial charge in [-0.3, -0.25) is 9.13 Å². The Morgan fingerprint density at radius 3 is 2.67 bits per heavy atom. The summed E-state index contributed by atoms with van der Waals surface area (Å²) in [6, 6.07) is 14.1. The van der Waals surface area contributed by atoms with Gasteiger partial charge in [0, 0.05) is 26.7 Å². The number of hydrogen-bond donors (Lipinski definition) is 1. The topological polar surface area (TPSA) is 51.4 Å². The third kappa shape index (κ3) is 3.32. The summed E-state index contributed by atoms with van der Waals surface area (Å²) < 4.78 is 8.87. The van der Waals surface area contributed by atoms with Crippen LogP contribution in [0.15, 0.2) is 47.3 Å². The Morgan fingerprint density at radius 2 is 1.89 bits per heavy atom. The fraction of sp³-hybridized carbons (Fsp3) is 0.381. The second-order valence-electron chi connectivity index (χ2n) is 7.01. The van der Waals surface area contributed by atoms with E-state index in [2.05, 4.69) is 22.3 Å². The molecule has 0 saturated carbocycles. The highest BCUT2D eigenvalue weighted by Gasteiger charge is 2.18. The molecule has 0 atom stereocenters. The highest BCUT2D eigenvalue weighted by atomic mass is 16.5. The summed E-state index contributed by atoms with van der Waals surface area (Å²) in [6.07, 6.45) is 1.11. The van der Waals surface area contributed by atoms with Crippen molar-refractivity contribution >= 4 is 16.7 Å². The third-order valence-electron chi connectivity index (χ3n) is 5.32. The largest absolute Gasteiger partial charge is 0.497 e. The van der Waals surface area contributed by atoms with E-state index < -0.39 is 0 Å². The van der Waals surface area contributed by atoms with E-state index in [0.29, 0.717) is 6.54 Å². The summed E-state index contributed by atoms with van der Waals surface area (Å²) in [5.74, 6) is 0.820. The number of hydrogen-bond acceptors (Lipinski definition) is 4. The van der Waals surface area contributed by atoms with Crippen LogP contribution in [0.3, 0.4) is 0 Å². The highest BCUT2D eigenvalue weighted by molar-refractivity contribution is 5.89. The first kappa shape index (κ1) is 17.7. The molecule has 1 saturated heterocycles. The quantitative estimate of drug-likeness (QED) is 0.769. The lowest BCUT2D eigenvalue weighted by molar-refractivity contribution is 0.414.